The van der Waals surface area contributed by atoms with Crippen LogP contribution in [0.2, 0.25) is 0 Å². The zero-order chi connectivity index (χ0) is 26.5. The minimum absolute atomic E-state index is 0.0459. The molecule has 2 aromatic rings. The van der Waals surface area contributed by atoms with E-state index in [-0.39, 0.29) is 24.3 Å². The molecule has 0 spiro atoms. The second kappa shape index (κ2) is 11.5. The van der Waals surface area contributed by atoms with Gasteiger partial charge in [0.25, 0.3) is 0 Å². The lowest BCUT2D eigenvalue weighted by Crippen LogP contribution is -2.35. The molecule has 1 aliphatic rings. The highest BCUT2D eigenvalue weighted by molar-refractivity contribution is 7.87. The molecule has 0 bridgehead atoms. The monoisotopic (exact) mass is 528 g/mol. The Labute approximate surface area is 209 Å². The number of benzene rings is 2. The van der Waals surface area contributed by atoms with Crippen molar-refractivity contribution in [3.63, 3.8) is 0 Å². The van der Waals surface area contributed by atoms with E-state index in [1.54, 1.807) is 17.0 Å². The lowest BCUT2D eigenvalue weighted by molar-refractivity contribution is -0.137. The number of carbonyl (C=O) groups is 1. The molecule has 0 aliphatic carbocycles. The molecule has 7 nitrogen and oxygen atoms in total. The van der Waals surface area contributed by atoms with Gasteiger partial charge in [0.15, 0.2) is 0 Å². The smallest absolute Gasteiger partial charge is 0.379 e. The van der Waals surface area contributed by atoms with Crippen LogP contribution in [0.15, 0.2) is 47.4 Å². The first kappa shape index (κ1) is 27.8. The van der Waals surface area contributed by atoms with E-state index >= 15 is 0 Å². The van der Waals surface area contributed by atoms with Crippen molar-refractivity contribution in [2.24, 2.45) is 0 Å². The van der Waals surface area contributed by atoms with Crippen LogP contribution in [0.5, 0.6) is 5.75 Å². The van der Waals surface area contributed by atoms with Crippen molar-refractivity contribution in [3.05, 3.63) is 53.6 Å². The molecule has 1 heterocycles. The Morgan fingerprint density at radius 1 is 1.14 bits per heavy atom. The van der Waals surface area contributed by atoms with E-state index in [9.17, 15) is 26.4 Å². The lowest BCUT2D eigenvalue weighted by atomic mass is 10.1. The number of nitrogens with zero attached hydrogens (tertiary/aromatic N) is 2. The molecule has 2 aromatic carbocycles. The molecule has 0 unspecified atom stereocenters. The van der Waals surface area contributed by atoms with Crippen LogP contribution >= 0.6 is 0 Å². The Kier molecular flexibility index (Phi) is 8.89. The van der Waals surface area contributed by atoms with Crippen LogP contribution < -0.4 is 9.08 Å². The molecule has 1 amide bonds. The summed E-state index contributed by atoms with van der Waals surface area (Å²) in [5.74, 6) is -0.264. The average molecular weight is 529 g/mol. The van der Waals surface area contributed by atoms with Gasteiger partial charge < -0.3 is 18.7 Å². The van der Waals surface area contributed by atoms with Gasteiger partial charge in [0.05, 0.1) is 11.7 Å². The zero-order valence-electron chi connectivity index (χ0n) is 20.5. The predicted octanol–water partition coefficient (Wildman–Crippen LogP) is 4.85. The lowest BCUT2D eigenvalue weighted by Gasteiger charge is -2.26. The Hall–Kier alpha value is -2.79. The number of hydrogen-bond donors (Lipinski definition) is 0. The number of amides is 1. The second-order valence-electron chi connectivity index (χ2n) is 8.56. The van der Waals surface area contributed by atoms with Crippen molar-refractivity contribution < 1.29 is 35.3 Å². The molecule has 0 aromatic heterocycles. The van der Waals surface area contributed by atoms with Crippen LogP contribution in [-0.2, 0) is 32.4 Å². The molecule has 36 heavy (non-hydrogen) atoms. The van der Waals surface area contributed by atoms with E-state index in [0.29, 0.717) is 43.6 Å². The molecule has 1 aliphatic heterocycles. The van der Waals surface area contributed by atoms with Crippen LogP contribution in [0, 0.1) is 0 Å². The topological polar surface area (TPSA) is 76.2 Å². The summed E-state index contributed by atoms with van der Waals surface area (Å²) in [6, 6.07) is 8.43. The average Bonchev–Trinajstić information content (AvgIpc) is 3.33. The highest BCUT2D eigenvalue weighted by Crippen LogP contribution is 2.33. The summed E-state index contributed by atoms with van der Waals surface area (Å²) in [6.07, 6.45) is -3.10. The molecule has 1 fully saturated rings. The molecule has 11 heteroatoms. The summed E-state index contributed by atoms with van der Waals surface area (Å²) in [4.78, 5) is 15.3. The van der Waals surface area contributed by atoms with Crippen molar-refractivity contribution in [2.45, 2.75) is 57.3 Å². The molecule has 0 radical (unpaired) electrons. The number of rotatable bonds is 10. The quantitative estimate of drug-likeness (QED) is 0.411. The molecule has 1 atom stereocenters. The van der Waals surface area contributed by atoms with Gasteiger partial charge in [-0.3, -0.25) is 4.79 Å². The summed E-state index contributed by atoms with van der Waals surface area (Å²) in [6.45, 7) is 7.61. The predicted molar refractivity (Wildman–Crippen MR) is 129 cm³/mol. The van der Waals surface area contributed by atoms with E-state index in [4.69, 9.17) is 8.92 Å². The van der Waals surface area contributed by atoms with Gasteiger partial charge >= 0.3 is 16.3 Å². The van der Waals surface area contributed by atoms with Gasteiger partial charge in [0.1, 0.15) is 10.6 Å². The van der Waals surface area contributed by atoms with E-state index in [1.165, 1.54) is 13.0 Å². The molecule has 1 saturated heterocycles. The third kappa shape index (κ3) is 6.91. The molecular weight excluding hydrogens is 497 g/mol. The number of hydrogen-bond acceptors (Lipinski definition) is 6. The van der Waals surface area contributed by atoms with Gasteiger partial charge in [-0.1, -0.05) is 12.1 Å². The first-order valence-corrected chi connectivity index (χ1v) is 13.2. The number of carbonyl (C=O) groups excluding carboxylic acids is 1. The summed E-state index contributed by atoms with van der Waals surface area (Å²) in [5.41, 5.74) is 0.00440. The number of ether oxygens (including phenoxy) is 1. The maximum Gasteiger partial charge on any atom is 0.416 e. The minimum Gasteiger partial charge on any atom is -0.379 e. The molecular formula is C25H31F3N2O5S. The first-order chi connectivity index (χ1) is 16.9. The molecule has 3 rings (SSSR count). The van der Waals surface area contributed by atoms with Crippen LogP contribution in [0.25, 0.3) is 0 Å². The van der Waals surface area contributed by atoms with Crippen molar-refractivity contribution in [1.82, 2.24) is 4.90 Å². The SMILES string of the molecule is CCN(CC)c1ccc(CN(C[C@@H]2CCCO2)C(C)=O)c(OS(=O)(=O)c2cccc(C(F)(F)F)c2)c1. The van der Waals surface area contributed by atoms with Crippen LogP contribution in [0.3, 0.4) is 0 Å². The summed E-state index contributed by atoms with van der Waals surface area (Å²) < 4.78 is 76.7. The molecule has 0 N–H and O–H groups in total. The van der Waals surface area contributed by atoms with Gasteiger partial charge in [0, 0.05) is 57.0 Å². The highest BCUT2D eigenvalue weighted by atomic mass is 32.2. The van der Waals surface area contributed by atoms with E-state index in [1.807, 2.05) is 18.7 Å². The van der Waals surface area contributed by atoms with Gasteiger partial charge in [-0.2, -0.15) is 21.6 Å². The minimum atomic E-state index is -4.70. The fraction of sp³-hybridized carbons (Fsp3) is 0.480. The Morgan fingerprint density at radius 2 is 1.86 bits per heavy atom. The first-order valence-electron chi connectivity index (χ1n) is 11.8. The third-order valence-corrected chi connectivity index (χ3v) is 7.31. The largest absolute Gasteiger partial charge is 0.416 e. The van der Waals surface area contributed by atoms with Crippen molar-refractivity contribution >= 4 is 21.7 Å². The third-order valence-electron chi connectivity index (χ3n) is 6.08. The maximum atomic E-state index is 13.2. The van der Waals surface area contributed by atoms with Crippen LogP contribution in [-0.4, -0.2) is 51.6 Å². The maximum absolute atomic E-state index is 13.2. The van der Waals surface area contributed by atoms with Crippen molar-refractivity contribution in [2.75, 3.05) is 31.1 Å². The standard InChI is InChI=1S/C25H31F3N2O5S/c1-4-29(5-2)21-12-11-19(16-30(18(3)31)17-22-9-7-13-34-22)24(15-21)35-36(32,33)23-10-6-8-20(14-23)25(26,27)28/h6,8,10-12,14-15,22H,4-5,7,9,13,16-17H2,1-3H3/t22-/m0/s1. The summed E-state index contributed by atoms with van der Waals surface area (Å²) in [5, 5.41) is 0. The summed E-state index contributed by atoms with van der Waals surface area (Å²) in [7, 11) is -4.60. The highest BCUT2D eigenvalue weighted by Gasteiger charge is 2.32. The molecule has 198 valence electrons. The van der Waals surface area contributed by atoms with Gasteiger partial charge in [-0.15, -0.1) is 0 Å². The van der Waals surface area contributed by atoms with Crippen LogP contribution in [0.4, 0.5) is 18.9 Å². The van der Waals surface area contributed by atoms with Crippen molar-refractivity contribution in [3.8, 4) is 5.75 Å². The van der Waals surface area contributed by atoms with E-state index < -0.39 is 26.8 Å². The normalized spacial score (nSPS) is 16.1. The van der Waals surface area contributed by atoms with Gasteiger partial charge in [-0.25, -0.2) is 0 Å². The number of anilines is 1. The molecule has 0 saturated carbocycles. The van der Waals surface area contributed by atoms with E-state index in [0.717, 1.165) is 31.0 Å². The fourth-order valence-corrected chi connectivity index (χ4v) is 5.08. The fourth-order valence-electron chi connectivity index (χ4n) is 4.08. The number of alkyl halides is 3. The van der Waals surface area contributed by atoms with Gasteiger partial charge in [0.2, 0.25) is 5.91 Å². The van der Waals surface area contributed by atoms with Gasteiger partial charge in [-0.05, 0) is 51.0 Å². The van der Waals surface area contributed by atoms with E-state index in [2.05, 4.69) is 0 Å². The Bertz CT molecular complexity index is 1160. The van der Waals surface area contributed by atoms with Crippen LogP contribution in [0.1, 0.15) is 44.7 Å². The Morgan fingerprint density at radius 3 is 2.44 bits per heavy atom. The zero-order valence-corrected chi connectivity index (χ0v) is 21.4. The summed E-state index contributed by atoms with van der Waals surface area (Å²) >= 11 is 0. The van der Waals surface area contributed by atoms with Crippen molar-refractivity contribution in [1.29, 1.82) is 0 Å². The number of halogens is 3. The second-order valence-corrected chi connectivity index (χ2v) is 10.1. The Balaban J connectivity index is 1.98.